The van der Waals surface area contributed by atoms with Gasteiger partial charge in [0, 0.05) is 11.6 Å². The predicted octanol–water partition coefficient (Wildman–Crippen LogP) is 3.71. The number of alkyl halides is 3. The van der Waals surface area contributed by atoms with Crippen molar-refractivity contribution in [3.8, 4) is 0 Å². The van der Waals surface area contributed by atoms with Crippen LogP contribution in [-0.2, 0) is 0 Å². The van der Waals surface area contributed by atoms with Crippen LogP contribution in [0, 0.1) is 17.5 Å². The zero-order chi connectivity index (χ0) is 13.9. The molecule has 1 nitrogen and oxygen atoms in total. The van der Waals surface area contributed by atoms with E-state index < -0.39 is 41.7 Å². The van der Waals surface area contributed by atoms with Crippen LogP contribution in [0.4, 0.5) is 26.3 Å². The molecule has 0 heterocycles. The van der Waals surface area contributed by atoms with E-state index in [2.05, 4.69) is 5.32 Å². The lowest BCUT2D eigenvalue weighted by Gasteiger charge is -2.20. The monoisotopic (exact) mass is 271 g/mol. The molecule has 102 valence electrons. The molecule has 0 aliphatic carbocycles. The van der Waals surface area contributed by atoms with Gasteiger partial charge in [-0.1, -0.05) is 13.0 Å². The van der Waals surface area contributed by atoms with E-state index in [1.165, 1.54) is 6.92 Å². The van der Waals surface area contributed by atoms with Gasteiger partial charge in [-0.3, -0.25) is 0 Å². The fraction of sp³-hybridized carbons (Fsp3) is 0.455. The van der Waals surface area contributed by atoms with E-state index in [9.17, 15) is 26.3 Å². The molecule has 7 heteroatoms. The van der Waals surface area contributed by atoms with Crippen LogP contribution in [0.3, 0.4) is 0 Å². The summed E-state index contributed by atoms with van der Waals surface area (Å²) < 4.78 is 75.9. The third kappa shape index (κ3) is 3.63. The molecule has 0 aliphatic heterocycles. The van der Waals surface area contributed by atoms with Crippen LogP contribution in [0.15, 0.2) is 12.1 Å². The van der Waals surface area contributed by atoms with Crippen molar-refractivity contribution >= 4 is 0 Å². The molecule has 0 bridgehead atoms. The molecular formula is C11H11F6N. The Morgan fingerprint density at radius 3 is 2.22 bits per heavy atom. The van der Waals surface area contributed by atoms with Crippen molar-refractivity contribution in [1.29, 1.82) is 0 Å². The van der Waals surface area contributed by atoms with Gasteiger partial charge in [0.15, 0.2) is 17.5 Å². The lowest BCUT2D eigenvalue weighted by Crippen LogP contribution is -2.27. The maximum atomic E-state index is 13.4. The minimum Gasteiger partial charge on any atom is -0.310 e. The van der Waals surface area contributed by atoms with Gasteiger partial charge in [0.05, 0.1) is 6.42 Å². The summed E-state index contributed by atoms with van der Waals surface area (Å²) in [5, 5.41) is 2.39. The Morgan fingerprint density at radius 2 is 1.72 bits per heavy atom. The Labute approximate surface area is 99.8 Å². The molecule has 1 aromatic carbocycles. The van der Waals surface area contributed by atoms with Gasteiger partial charge >= 0.3 is 6.18 Å². The summed E-state index contributed by atoms with van der Waals surface area (Å²) in [5.74, 6) is -4.79. The summed E-state index contributed by atoms with van der Waals surface area (Å²) in [4.78, 5) is 0. The molecule has 1 aromatic rings. The summed E-state index contributed by atoms with van der Waals surface area (Å²) >= 11 is 0. The largest absolute Gasteiger partial charge is 0.390 e. The second kappa shape index (κ2) is 5.60. The number of hydrogen-bond donors (Lipinski definition) is 1. The van der Waals surface area contributed by atoms with E-state index >= 15 is 0 Å². The topological polar surface area (TPSA) is 12.0 Å². The molecular weight excluding hydrogens is 260 g/mol. The highest BCUT2D eigenvalue weighted by molar-refractivity contribution is 5.23. The fourth-order valence-electron chi connectivity index (χ4n) is 1.58. The lowest BCUT2D eigenvalue weighted by molar-refractivity contribution is -0.140. The number of hydrogen-bond acceptors (Lipinski definition) is 1. The average molecular weight is 271 g/mol. The molecule has 1 N–H and O–H groups in total. The van der Waals surface area contributed by atoms with Crippen molar-refractivity contribution in [1.82, 2.24) is 5.32 Å². The van der Waals surface area contributed by atoms with E-state index in [4.69, 9.17) is 0 Å². The molecule has 1 unspecified atom stereocenters. The maximum Gasteiger partial charge on any atom is 0.390 e. The quantitative estimate of drug-likeness (QED) is 0.650. The van der Waals surface area contributed by atoms with Crippen LogP contribution in [0.2, 0.25) is 0 Å². The summed E-state index contributed by atoms with van der Waals surface area (Å²) in [5.41, 5.74) is -0.534. The highest BCUT2D eigenvalue weighted by Crippen LogP contribution is 2.31. The molecule has 0 aliphatic rings. The third-order valence-corrected chi connectivity index (χ3v) is 2.33. The van der Waals surface area contributed by atoms with Crippen LogP contribution in [0.1, 0.15) is 24.9 Å². The number of benzene rings is 1. The SMILES string of the molecule is CCNC(CC(F)(F)F)c1ccc(F)c(F)c1F. The van der Waals surface area contributed by atoms with Crippen molar-refractivity contribution in [2.45, 2.75) is 25.6 Å². The lowest BCUT2D eigenvalue weighted by atomic mass is 10.0. The summed E-state index contributed by atoms with van der Waals surface area (Å²) in [7, 11) is 0. The van der Waals surface area contributed by atoms with Gasteiger partial charge in [0.25, 0.3) is 0 Å². The van der Waals surface area contributed by atoms with E-state index in [1.54, 1.807) is 0 Å². The van der Waals surface area contributed by atoms with Gasteiger partial charge in [-0.2, -0.15) is 13.2 Å². The van der Waals surface area contributed by atoms with E-state index in [-0.39, 0.29) is 6.54 Å². The first kappa shape index (κ1) is 14.8. The maximum absolute atomic E-state index is 13.4. The predicted molar refractivity (Wildman–Crippen MR) is 53.4 cm³/mol. The van der Waals surface area contributed by atoms with E-state index in [1.807, 2.05) is 0 Å². The van der Waals surface area contributed by atoms with Gasteiger partial charge in [0.1, 0.15) is 0 Å². The Morgan fingerprint density at radius 1 is 1.11 bits per heavy atom. The van der Waals surface area contributed by atoms with Crippen LogP contribution in [0.5, 0.6) is 0 Å². The number of rotatable bonds is 4. The zero-order valence-electron chi connectivity index (χ0n) is 9.41. The summed E-state index contributed by atoms with van der Waals surface area (Å²) in [6, 6.07) is -0.0218. The zero-order valence-corrected chi connectivity index (χ0v) is 9.41. The highest BCUT2D eigenvalue weighted by atomic mass is 19.4. The molecule has 0 spiro atoms. The van der Waals surface area contributed by atoms with Crippen LogP contribution >= 0.6 is 0 Å². The van der Waals surface area contributed by atoms with Crippen molar-refractivity contribution in [3.63, 3.8) is 0 Å². The van der Waals surface area contributed by atoms with Gasteiger partial charge in [-0.15, -0.1) is 0 Å². The second-order valence-corrected chi connectivity index (χ2v) is 3.69. The molecule has 0 saturated carbocycles. The van der Waals surface area contributed by atoms with Crippen LogP contribution in [0.25, 0.3) is 0 Å². The highest BCUT2D eigenvalue weighted by Gasteiger charge is 2.34. The van der Waals surface area contributed by atoms with Gasteiger partial charge in [0.2, 0.25) is 0 Å². The molecule has 1 rings (SSSR count). The van der Waals surface area contributed by atoms with Crippen LogP contribution in [-0.4, -0.2) is 12.7 Å². The first-order valence-electron chi connectivity index (χ1n) is 5.19. The third-order valence-electron chi connectivity index (χ3n) is 2.33. The molecule has 0 amide bonds. The van der Waals surface area contributed by atoms with Crippen LogP contribution < -0.4 is 5.32 Å². The van der Waals surface area contributed by atoms with Gasteiger partial charge in [-0.05, 0) is 12.6 Å². The van der Waals surface area contributed by atoms with E-state index in [0.29, 0.717) is 6.07 Å². The molecule has 0 radical (unpaired) electrons. The Hall–Kier alpha value is -1.24. The smallest absolute Gasteiger partial charge is 0.310 e. The molecule has 0 fully saturated rings. The number of nitrogens with one attached hydrogen (secondary N) is 1. The van der Waals surface area contributed by atoms with Gasteiger partial charge < -0.3 is 5.32 Å². The minimum atomic E-state index is -4.54. The molecule has 1 atom stereocenters. The van der Waals surface area contributed by atoms with Crippen molar-refractivity contribution in [2.75, 3.05) is 6.54 Å². The van der Waals surface area contributed by atoms with Crippen molar-refractivity contribution in [2.24, 2.45) is 0 Å². The Kier molecular flexibility index (Phi) is 4.61. The fourth-order valence-corrected chi connectivity index (χ4v) is 1.58. The average Bonchev–Trinajstić information content (AvgIpc) is 2.24. The van der Waals surface area contributed by atoms with Crippen molar-refractivity contribution < 1.29 is 26.3 Å². The number of halogens is 6. The normalized spacial score (nSPS) is 13.7. The second-order valence-electron chi connectivity index (χ2n) is 3.69. The first-order chi connectivity index (χ1) is 8.26. The summed E-state index contributed by atoms with van der Waals surface area (Å²) in [6.07, 6.45) is -5.90. The summed E-state index contributed by atoms with van der Waals surface area (Å²) in [6.45, 7) is 1.67. The standard InChI is InChI=1S/C11H11F6N/c1-2-18-8(5-11(15,16)17)6-3-4-7(12)10(14)9(6)13/h3-4,8,18H,2,5H2,1H3. The van der Waals surface area contributed by atoms with Crippen molar-refractivity contribution in [3.05, 3.63) is 35.1 Å². The Balaban J connectivity index is 3.10. The molecule has 0 saturated heterocycles. The van der Waals surface area contributed by atoms with Gasteiger partial charge in [-0.25, -0.2) is 13.2 Å². The van der Waals surface area contributed by atoms with E-state index in [0.717, 1.165) is 6.07 Å². The molecule has 0 aromatic heterocycles. The minimum absolute atomic E-state index is 0.138. The Bertz CT molecular complexity index is 415. The first-order valence-corrected chi connectivity index (χ1v) is 5.19. The molecule has 18 heavy (non-hydrogen) atoms.